The first-order chi connectivity index (χ1) is 14.8. The van der Waals surface area contributed by atoms with Crippen LogP contribution in [0.1, 0.15) is 83.1 Å². The molecule has 3 rings (SSSR count). The molecule has 0 fully saturated rings. The lowest BCUT2D eigenvalue weighted by Crippen LogP contribution is -2.05. The van der Waals surface area contributed by atoms with Gasteiger partial charge < -0.3 is 4.74 Å². The highest BCUT2D eigenvalue weighted by molar-refractivity contribution is 5.73. The molecule has 0 spiro atoms. The minimum atomic E-state index is 0.744. The van der Waals surface area contributed by atoms with E-state index < -0.39 is 0 Å². The van der Waals surface area contributed by atoms with Gasteiger partial charge in [-0.3, -0.25) is 0 Å². The first-order valence-corrected chi connectivity index (χ1v) is 11.8. The molecule has 0 saturated carbocycles. The summed E-state index contributed by atoms with van der Waals surface area (Å²) in [4.78, 5) is 1.70. The lowest BCUT2D eigenvalue weighted by molar-refractivity contribution is 0.302. The van der Waals surface area contributed by atoms with Crippen molar-refractivity contribution in [3.8, 4) is 11.4 Å². The Morgan fingerprint density at radius 3 is 1.90 bits per heavy atom. The molecule has 0 aliphatic carbocycles. The predicted molar refractivity (Wildman–Crippen MR) is 126 cm³/mol. The van der Waals surface area contributed by atoms with Crippen LogP contribution < -0.4 is 4.74 Å². The first-order valence-electron chi connectivity index (χ1n) is 11.8. The summed E-state index contributed by atoms with van der Waals surface area (Å²) in [7, 11) is 0. The van der Waals surface area contributed by atoms with Crippen LogP contribution in [0.4, 0.5) is 0 Å². The number of benzene rings is 2. The van der Waals surface area contributed by atoms with Crippen molar-refractivity contribution in [3.63, 3.8) is 0 Å². The number of hydrogen-bond donors (Lipinski definition) is 0. The van der Waals surface area contributed by atoms with Crippen LogP contribution in [0.2, 0.25) is 0 Å². The topological polar surface area (TPSA) is 39.9 Å². The summed E-state index contributed by atoms with van der Waals surface area (Å²) in [5.74, 6) is 0.855. The van der Waals surface area contributed by atoms with E-state index in [0.717, 1.165) is 35.5 Å². The lowest BCUT2D eigenvalue weighted by Gasteiger charge is -2.11. The summed E-state index contributed by atoms with van der Waals surface area (Å²) >= 11 is 0. The SMILES string of the molecule is CCCCCCCCCCCCCOc1ccc(C)cc1-n1nc2ccccc2n1. The fraction of sp³-hybridized carbons (Fsp3) is 0.538. The molecule has 0 amide bonds. The number of nitrogens with zero attached hydrogens (tertiary/aromatic N) is 3. The second-order valence-corrected chi connectivity index (χ2v) is 8.33. The second-order valence-electron chi connectivity index (χ2n) is 8.33. The third-order valence-corrected chi connectivity index (χ3v) is 5.62. The molecule has 4 nitrogen and oxygen atoms in total. The molecular formula is C26H37N3O. The first kappa shape index (κ1) is 22.3. The standard InChI is InChI=1S/C26H37N3O/c1-3-4-5-6-7-8-9-10-11-12-15-20-30-26-19-18-22(2)21-25(26)29-27-23-16-13-14-17-24(23)28-29/h13-14,16-19,21H,3-12,15,20H2,1-2H3. The lowest BCUT2D eigenvalue weighted by atomic mass is 10.1. The van der Waals surface area contributed by atoms with Gasteiger partial charge in [0.2, 0.25) is 0 Å². The van der Waals surface area contributed by atoms with E-state index in [1.807, 2.05) is 30.3 Å². The van der Waals surface area contributed by atoms with Crippen molar-refractivity contribution >= 4 is 11.0 Å². The van der Waals surface area contributed by atoms with Gasteiger partial charge in [0.15, 0.2) is 0 Å². The number of aryl methyl sites for hydroxylation is 1. The third-order valence-electron chi connectivity index (χ3n) is 5.62. The second kappa shape index (κ2) is 12.4. The van der Waals surface area contributed by atoms with E-state index in [-0.39, 0.29) is 0 Å². The quantitative estimate of drug-likeness (QED) is 0.261. The Hall–Kier alpha value is -2.36. The van der Waals surface area contributed by atoms with E-state index in [2.05, 4.69) is 36.2 Å². The molecule has 0 N–H and O–H groups in total. The molecule has 0 aliphatic heterocycles. The van der Waals surface area contributed by atoms with Gasteiger partial charge in [0.1, 0.15) is 22.5 Å². The summed E-state index contributed by atoms with van der Waals surface area (Å²) in [6.07, 6.45) is 14.8. The highest BCUT2D eigenvalue weighted by Gasteiger charge is 2.10. The van der Waals surface area contributed by atoms with Gasteiger partial charge in [0, 0.05) is 0 Å². The molecule has 0 radical (unpaired) electrons. The maximum atomic E-state index is 6.12. The Kier molecular flexibility index (Phi) is 9.20. The van der Waals surface area contributed by atoms with Gasteiger partial charge in [-0.1, -0.05) is 89.3 Å². The highest BCUT2D eigenvalue weighted by Crippen LogP contribution is 2.25. The molecular weight excluding hydrogens is 370 g/mol. The van der Waals surface area contributed by atoms with E-state index >= 15 is 0 Å². The molecule has 30 heavy (non-hydrogen) atoms. The maximum Gasteiger partial charge on any atom is 0.146 e. The van der Waals surface area contributed by atoms with Crippen molar-refractivity contribution in [3.05, 3.63) is 48.0 Å². The molecule has 2 aromatic carbocycles. The molecule has 0 bridgehead atoms. The Morgan fingerprint density at radius 2 is 1.30 bits per heavy atom. The van der Waals surface area contributed by atoms with E-state index in [1.165, 1.54) is 69.8 Å². The van der Waals surface area contributed by atoms with Gasteiger partial charge in [-0.2, -0.15) is 0 Å². The van der Waals surface area contributed by atoms with Crippen LogP contribution >= 0.6 is 0 Å². The Morgan fingerprint density at radius 1 is 0.733 bits per heavy atom. The number of ether oxygens (including phenoxy) is 1. The van der Waals surface area contributed by atoms with Crippen molar-refractivity contribution in [2.75, 3.05) is 6.61 Å². The molecule has 0 aliphatic rings. The van der Waals surface area contributed by atoms with Crippen LogP contribution in [0.3, 0.4) is 0 Å². The summed E-state index contributed by atoms with van der Waals surface area (Å²) < 4.78 is 6.12. The number of rotatable bonds is 14. The third kappa shape index (κ3) is 6.86. The van der Waals surface area contributed by atoms with Gasteiger partial charge in [-0.15, -0.1) is 15.0 Å². The average molecular weight is 408 g/mol. The van der Waals surface area contributed by atoms with Crippen LogP contribution in [0, 0.1) is 6.92 Å². The fourth-order valence-corrected chi connectivity index (χ4v) is 3.82. The van der Waals surface area contributed by atoms with Gasteiger partial charge in [0.05, 0.1) is 6.61 Å². The summed E-state index contributed by atoms with van der Waals surface area (Å²) in [5, 5.41) is 9.24. The minimum absolute atomic E-state index is 0.744. The van der Waals surface area contributed by atoms with E-state index in [1.54, 1.807) is 4.80 Å². The van der Waals surface area contributed by atoms with Crippen molar-refractivity contribution in [2.45, 2.75) is 84.5 Å². The van der Waals surface area contributed by atoms with Gasteiger partial charge in [-0.25, -0.2) is 0 Å². The normalized spacial score (nSPS) is 11.3. The van der Waals surface area contributed by atoms with E-state index in [0.29, 0.717) is 0 Å². The fourth-order valence-electron chi connectivity index (χ4n) is 3.82. The zero-order valence-corrected chi connectivity index (χ0v) is 18.8. The molecule has 1 heterocycles. The summed E-state index contributed by atoms with van der Waals surface area (Å²) in [5.41, 5.74) is 3.88. The van der Waals surface area contributed by atoms with Crippen LogP contribution in [-0.2, 0) is 0 Å². The van der Waals surface area contributed by atoms with E-state index in [9.17, 15) is 0 Å². The smallest absolute Gasteiger partial charge is 0.146 e. The number of fused-ring (bicyclic) bond motifs is 1. The highest BCUT2D eigenvalue weighted by atomic mass is 16.5. The average Bonchev–Trinajstić information content (AvgIpc) is 3.19. The van der Waals surface area contributed by atoms with Crippen LogP contribution in [0.25, 0.3) is 16.7 Å². The Balaban J connectivity index is 1.40. The summed E-state index contributed by atoms with van der Waals surface area (Å²) in [6, 6.07) is 14.2. The Bertz CT molecular complexity index is 854. The maximum absolute atomic E-state index is 6.12. The Labute approximate surface area is 181 Å². The van der Waals surface area contributed by atoms with Gasteiger partial charge in [0.25, 0.3) is 0 Å². The number of hydrogen-bond acceptors (Lipinski definition) is 3. The van der Waals surface area contributed by atoms with Crippen LogP contribution in [0.5, 0.6) is 5.75 Å². The largest absolute Gasteiger partial charge is 0.491 e. The van der Waals surface area contributed by atoms with Crippen molar-refractivity contribution < 1.29 is 4.74 Å². The summed E-state index contributed by atoms with van der Waals surface area (Å²) in [6.45, 7) is 5.10. The number of aromatic nitrogens is 3. The minimum Gasteiger partial charge on any atom is -0.491 e. The molecule has 0 atom stereocenters. The molecule has 0 saturated heterocycles. The van der Waals surface area contributed by atoms with E-state index in [4.69, 9.17) is 4.74 Å². The molecule has 0 unspecified atom stereocenters. The van der Waals surface area contributed by atoms with Crippen LogP contribution in [0.15, 0.2) is 42.5 Å². The van der Waals surface area contributed by atoms with Crippen molar-refractivity contribution in [1.82, 2.24) is 15.0 Å². The van der Waals surface area contributed by atoms with Crippen LogP contribution in [-0.4, -0.2) is 21.6 Å². The zero-order chi connectivity index (χ0) is 21.0. The monoisotopic (exact) mass is 407 g/mol. The van der Waals surface area contributed by atoms with Gasteiger partial charge in [-0.05, 0) is 43.2 Å². The molecule has 1 aromatic heterocycles. The van der Waals surface area contributed by atoms with Crippen molar-refractivity contribution in [1.29, 1.82) is 0 Å². The zero-order valence-electron chi connectivity index (χ0n) is 18.8. The predicted octanol–water partition coefficient (Wildman–Crippen LogP) is 7.42. The molecule has 4 heteroatoms. The van der Waals surface area contributed by atoms with Crippen molar-refractivity contribution in [2.24, 2.45) is 0 Å². The number of unbranched alkanes of at least 4 members (excludes halogenated alkanes) is 10. The van der Waals surface area contributed by atoms with Gasteiger partial charge >= 0.3 is 0 Å². The molecule has 162 valence electrons. The molecule has 3 aromatic rings.